The first-order valence-electron chi connectivity index (χ1n) is 7.16. The molecule has 0 fully saturated rings. The van der Waals surface area contributed by atoms with E-state index < -0.39 is 5.82 Å². The molecule has 0 aliphatic heterocycles. The molecule has 2 N–H and O–H groups in total. The monoisotopic (exact) mass is 322 g/mol. The van der Waals surface area contributed by atoms with Gasteiger partial charge in [-0.05, 0) is 18.7 Å². The minimum atomic E-state index is -0.452. The van der Waals surface area contributed by atoms with Gasteiger partial charge in [0.25, 0.3) is 0 Å². The van der Waals surface area contributed by atoms with Gasteiger partial charge >= 0.3 is 0 Å². The standard InChI is InChI=1S/C17H20ClFN2O/c1-21(12-13-5-3-2-4-6-13)8-7-20-11-14-9-15(18)17(22)10-16(14)19/h2-6,9-10,20,22H,7-8,11-12H2,1H3. The van der Waals surface area contributed by atoms with Crippen molar-refractivity contribution >= 4 is 11.6 Å². The highest BCUT2D eigenvalue weighted by Crippen LogP contribution is 2.26. The van der Waals surface area contributed by atoms with Crippen LogP contribution in [0.4, 0.5) is 4.39 Å². The van der Waals surface area contributed by atoms with Gasteiger partial charge in [-0.25, -0.2) is 4.39 Å². The second kappa shape index (κ2) is 8.13. The van der Waals surface area contributed by atoms with E-state index in [1.807, 2.05) is 25.2 Å². The zero-order valence-corrected chi connectivity index (χ0v) is 13.3. The molecule has 0 amide bonds. The number of halogens is 2. The van der Waals surface area contributed by atoms with Crippen LogP contribution in [-0.2, 0) is 13.1 Å². The number of phenolic OH excluding ortho intramolecular Hbond substituents is 1. The topological polar surface area (TPSA) is 35.5 Å². The van der Waals surface area contributed by atoms with Gasteiger partial charge in [-0.15, -0.1) is 0 Å². The molecule has 22 heavy (non-hydrogen) atoms. The Labute approximate surface area is 135 Å². The summed E-state index contributed by atoms with van der Waals surface area (Å²) in [6.45, 7) is 2.84. The molecule has 2 rings (SSSR count). The Bertz CT molecular complexity index is 607. The van der Waals surface area contributed by atoms with E-state index in [1.165, 1.54) is 11.6 Å². The highest BCUT2D eigenvalue weighted by Gasteiger charge is 2.07. The second-order valence-electron chi connectivity index (χ2n) is 5.30. The zero-order valence-electron chi connectivity index (χ0n) is 12.5. The molecular formula is C17H20ClFN2O. The van der Waals surface area contributed by atoms with Gasteiger partial charge in [0.1, 0.15) is 11.6 Å². The van der Waals surface area contributed by atoms with E-state index >= 15 is 0 Å². The molecule has 2 aromatic carbocycles. The number of likely N-dealkylation sites (N-methyl/N-ethyl adjacent to an activating group) is 1. The first-order chi connectivity index (χ1) is 10.6. The van der Waals surface area contributed by atoms with Crippen molar-refractivity contribution in [2.45, 2.75) is 13.1 Å². The second-order valence-corrected chi connectivity index (χ2v) is 5.70. The summed E-state index contributed by atoms with van der Waals surface area (Å²) in [6.07, 6.45) is 0. The van der Waals surface area contributed by atoms with E-state index in [1.54, 1.807) is 0 Å². The Morgan fingerprint density at radius 1 is 1.23 bits per heavy atom. The van der Waals surface area contributed by atoms with Crippen molar-refractivity contribution in [2.24, 2.45) is 0 Å². The van der Waals surface area contributed by atoms with Gasteiger partial charge in [0.15, 0.2) is 0 Å². The third kappa shape index (κ3) is 4.98. The molecule has 0 aliphatic rings. The van der Waals surface area contributed by atoms with E-state index in [0.717, 1.165) is 25.7 Å². The molecule has 0 saturated carbocycles. The zero-order chi connectivity index (χ0) is 15.9. The predicted molar refractivity (Wildman–Crippen MR) is 87.6 cm³/mol. The van der Waals surface area contributed by atoms with Crippen LogP contribution in [0, 0.1) is 5.82 Å². The summed E-state index contributed by atoms with van der Waals surface area (Å²) < 4.78 is 13.6. The van der Waals surface area contributed by atoms with Gasteiger partial charge in [-0.2, -0.15) is 0 Å². The van der Waals surface area contributed by atoms with Gasteiger partial charge < -0.3 is 15.3 Å². The Hall–Kier alpha value is -1.62. The minimum absolute atomic E-state index is 0.166. The SMILES string of the molecule is CN(CCNCc1cc(Cl)c(O)cc1F)Cc1ccccc1. The number of phenols is 1. The molecular weight excluding hydrogens is 303 g/mol. The van der Waals surface area contributed by atoms with Crippen molar-refractivity contribution in [3.8, 4) is 5.75 Å². The summed E-state index contributed by atoms with van der Waals surface area (Å²) in [5.74, 6) is -0.683. The molecule has 3 nitrogen and oxygen atoms in total. The quantitative estimate of drug-likeness (QED) is 0.767. The fourth-order valence-electron chi connectivity index (χ4n) is 2.18. The van der Waals surface area contributed by atoms with E-state index in [9.17, 15) is 9.50 Å². The maximum absolute atomic E-state index is 13.6. The third-order valence-corrected chi connectivity index (χ3v) is 3.70. The van der Waals surface area contributed by atoms with Crippen molar-refractivity contribution in [1.29, 1.82) is 0 Å². The maximum Gasteiger partial charge on any atom is 0.137 e. The van der Waals surface area contributed by atoms with Crippen LogP contribution in [0.25, 0.3) is 0 Å². The van der Waals surface area contributed by atoms with Crippen molar-refractivity contribution in [3.63, 3.8) is 0 Å². The normalized spacial score (nSPS) is 11.1. The van der Waals surface area contributed by atoms with Gasteiger partial charge in [0.05, 0.1) is 5.02 Å². The molecule has 0 spiro atoms. The fourth-order valence-corrected chi connectivity index (χ4v) is 2.37. The summed E-state index contributed by atoms with van der Waals surface area (Å²) in [7, 11) is 2.05. The van der Waals surface area contributed by atoms with E-state index in [4.69, 9.17) is 11.6 Å². The molecule has 0 atom stereocenters. The molecule has 0 bridgehead atoms. The van der Waals surface area contributed by atoms with E-state index in [2.05, 4.69) is 22.3 Å². The Morgan fingerprint density at radius 2 is 1.95 bits per heavy atom. The van der Waals surface area contributed by atoms with Gasteiger partial charge in [0.2, 0.25) is 0 Å². The lowest BCUT2D eigenvalue weighted by Gasteiger charge is -2.17. The fraction of sp³-hybridized carbons (Fsp3) is 0.294. The predicted octanol–water partition coefficient (Wildman–Crippen LogP) is 3.41. The summed E-state index contributed by atoms with van der Waals surface area (Å²) in [5.41, 5.74) is 1.72. The number of aromatic hydroxyl groups is 1. The molecule has 2 aromatic rings. The maximum atomic E-state index is 13.6. The molecule has 118 valence electrons. The molecule has 0 radical (unpaired) electrons. The number of benzene rings is 2. The van der Waals surface area contributed by atoms with Crippen LogP contribution in [-0.4, -0.2) is 30.1 Å². The van der Waals surface area contributed by atoms with Crippen molar-refractivity contribution < 1.29 is 9.50 Å². The summed E-state index contributed by atoms with van der Waals surface area (Å²) in [4.78, 5) is 2.20. The van der Waals surface area contributed by atoms with Gasteiger partial charge in [0, 0.05) is 37.8 Å². The molecule has 0 aromatic heterocycles. The first-order valence-corrected chi connectivity index (χ1v) is 7.54. The minimum Gasteiger partial charge on any atom is -0.506 e. The van der Waals surface area contributed by atoms with E-state index in [0.29, 0.717) is 12.1 Å². The molecule has 0 heterocycles. The lowest BCUT2D eigenvalue weighted by atomic mass is 10.2. The number of rotatable bonds is 7. The van der Waals surface area contributed by atoms with Crippen LogP contribution in [0.15, 0.2) is 42.5 Å². The van der Waals surface area contributed by atoms with Gasteiger partial charge in [-0.1, -0.05) is 41.9 Å². The average Bonchev–Trinajstić information content (AvgIpc) is 2.49. The van der Waals surface area contributed by atoms with Crippen LogP contribution in [0.3, 0.4) is 0 Å². The number of nitrogens with zero attached hydrogens (tertiary/aromatic N) is 1. The Balaban J connectivity index is 1.74. The highest BCUT2D eigenvalue weighted by atomic mass is 35.5. The van der Waals surface area contributed by atoms with Crippen LogP contribution in [0.1, 0.15) is 11.1 Å². The average molecular weight is 323 g/mol. The molecule has 0 aliphatic carbocycles. The lowest BCUT2D eigenvalue weighted by Crippen LogP contribution is -2.28. The van der Waals surface area contributed by atoms with Crippen LogP contribution in [0.5, 0.6) is 5.75 Å². The molecule has 5 heteroatoms. The largest absolute Gasteiger partial charge is 0.506 e. The lowest BCUT2D eigenvalue weighted by molar-refractivity contribution is 0.324. The number of hydrogen-bond acceptors (Lipinski definition) is 3. The van der Waals surface area contributed by atoms with Crippen LogP contribution < -0.4 is 5.32 Å². The van der Waals surface area contributed by atoms with Crippen molar-refractivity contribution in [2.75, 3.05) is 20.1 Å². The number of hydrogen-bond donors (Lipinski definition) is 2. The Kier molecular flexibility index (Phi) is 6.19. The highest BCUT2D eigenvalue weighted by molar-refractivity contribution is 6.32. The Morgan fingerprint density at radius 3 is 2.68 bits per heavy atom. The molecule has 0 unspecified atom stereocenters. The van der Waals surface area contributed by atoms with Crippen molar-refractivity contribution in [1.82, 2.24) is 10.2 Å². The van der Waals surface area contributed by atoms with Crippen molar-refractivity contribution in [3.05, 3.63) is 64.4 Å². The van der Waals surface area contributed by atoms with E-state index in [-0.39, 0.29) is 10.8 Å². The van der Waals surface area contributed by atoms with Gasteiger partial charge in [-0.3, -0.25) is 0 Å². The van der Waals surface area contributed by atoms with Crippen LogP contribution >= 0.6 is 11.6 Å². The van der Waals surface area contributed by atoms with Crippen LogP contribution in [0.2, 0.25) is 5.02 Å². The summed E-state index contributed by atoms with van der Waals surface area (Å²) in [6, 6.07) is 12.7. The third-order valence-electron chi connectivity index (χ3n) is 3.40. The first kappa shape index (κ1) is 16.7. The number of nitrogens with one attached hydrogen (secondary N) is 1. The smallest absolute Gasteiger partial charge is 0.137 e. The summed E-state index contributed by atoms with van der Waals surface area (Å²) >= 11 is 5.79. The summed E-state index contributed by atoms with van der Waals surface area (Å²) in [5, 5.41) is 12.7. The molecule has 0 saturated heterocycles.